The molecule has 2 rings (SSSR count). The topological polar surface area (TPSA) is 33.6 Å². The molecule has 1 aromatic carbocycles. The lowest BCUT2D eigenvalue weighted by Crippen LogP contribution is -2.02. The van der Waals surface area contributed by atoms with E-state index in [2.05, 4.69) is 73.8 Å². The Hall–Kier alpha value is -0.210. The molecule has 0 aliphatic rings. The van der Waals surface area contributed by atoms with Gasteiger partial charge in [0.2, 0.25) is 0 Å². The number of hydrogen-bond donors (Lipinski definition) is 1. The van der Waals surface area contributed by atoms with Crippen LogP contribution in [0.5, 0.6) is 0 Å². The van der Waals surface area contributed by atoms with Crippen molar-refractivity contribution in [2.24, 2.45) is 0 Å². The van der Waals surface area contributed by atoms with Crippen molar-refractivity contribution in [3.63, 3.8) is 0 Å². The number of aromatic nitrogens is 3. The molecule has 0 radical (unpaired) electrons. The highest BCUT2D eigenvalue weighted by atomic mass is 127. The molecule has 0 unspecified atom stereocenters. The monoisotopic (exact) mass is 423 g/mol. The van der Waals surface area contributed by atoms with Crippen LogP contribution in [0.4, 0.5) is 0 Å². The van der Waals surface area contributed by atoms with Gasteiger partial charge >= 0.3 is 0 Å². The van der Waals surface area contributed by atoms with Gasteiger partial charge in [-0.25, -0.2) is 0 Å². The minimum atomic E-state index is 0.635. The van der Waals surface area contributed by atoms with E-state index in [0.717, 1.165) is 28.8 Å². The lowest BCUT2D eigenvalue weighted by atomic mass is 10.3. The van der Waals surface area contributed by atoms with E-state index in [1.807, 2.05) is 4.57 Å². The first-order valence-corrected chi connectivity index (χ1v) is 7.53. The van der Waals surface area contributed by atoms with E-state index in [0.29, 0.717) is 4.77 Å². The van der Waals surface area contributed by atoms with Crippen molar-refractivity contribution in [1.82, 2.24) is 14.8 Å². The standard InChI is InChI=1S/C11H11BrIN3S/c1-2-3-10-14-15-11(17)16(10)9-5-4-7(13)6-8(9)12/h4-6H,2-3H2,1H3,(H,15,17). The molecule has 90 valence electrons. The average molecular weight is 424 g/mol. The van der Waals surface area contributed by atoms with Crippen LogP contribution in [-0.2, 0) is 6.42 Å². The molecule has 0 saturated heterocycles. The summed E-state index contributed by atoms with van der Waals surface area (Å²) in [5, 5.41) is 7.12. The number of benzene rings is 1. The van der Waals surface area contributed by atoms with Crippen LogP contribution < -0.4 is 0 Å². The third kappa shape index (κ3) is 2.79. The molecule has 17 heavy (non-hydrogen) atoms. The minimum Gasteiger partial charge on any atom is -0.271 e. The van der Waals surface area contributed by atoms with Gasteiger partial charge in [0.1, 0.15) is 5.82 Å². The second-order valence-corrected chi connectivity index (χ2v) is 6.11. The summed E-state index contributed by atoms with van der Waals surface area (Å²) >= 11 is 11.1. The van der Waals surface area contributed by atoms with Gasteiger partial charge in [0, 0.05) is 14.5 Å². The summed E-state index contributed by atoms with van der Waals surface area (Å²) in [5.41, 5.74) is 1.03. The molecule has 1 aromatic heterocycles. The Labute approximate surface area is 127 Å². The van der Waals surface area contributed by atoms with Crippen LogP contribution in [0.2, 0.25) is 0 Å². The van der Waals surface area contributed by atoms with Gasteiger partial charge in [-0.15, -0.1) is 0 Å². The normalized spacial score (nSPS) is 10.8. The molecule has 1 N–H and O–H groups in total. The maximum Gasteiger partial charge on any atom is 0.199 e. The lowest BCUT2D eigenvalue weighted by Gasteiger charge is -2.08. The van der Waals surface area contributed by atoms with Crippen LogP contribution in [0.15, 0.2) is 22.7 Å². The van der Waals surface area contributed by atoms with Crippen molar-refractivity contribution in [3.8, 4) is 5.69 Å². The zero-order valence-corrected chi connectivity index (χ0v) is 13.8. The van der Waals surface area contributed by atoms with Crippen LogP contribution in [0.3, 0.4) is 0 Å². The fourth-order valence-corrected chi connectivity index (χ4v) is 3.36. The quantitative estimate of drug-likeness (QED) is 0.591. The van der Waals surface area contributed by atoms with Gasteiger partial charge in [-0.05, 0) is 75.4 Å². The largest absolute Gasteiger partial charge is 0.271 e. The van der Waals surface area contributed by atoms with Crippen LogP contribution >= 0.6 is 50.7 Å². The molecule has 6 heteroatoms. The van der Waals surface area contributed by atoms with Crippen LogP contribution in [-0.4, -0.2) is 14.8 Å². The number of nitrogens with one attached hydrogen (secondary N) is 1. The van der Waals surface area contributed by atoms with Crippen LogP contribution in [0.1, 0.15) is 19.2 Å². The zero-order valence-electron chi connectivity index (χ0n) is 9.20. The van der Waals surface area contributed by atoms with Gasteiger partial charge in [-0.2, -0.15) is 5.10 Å². The molecule has 0 aliphatic heterocycles. The first kappa shape index (κ1) is 13.2. The first-order chi connectivity index (χ1) is 8.13. The molecule has 3 nitrogen and oxygen atoms in total. The summed E-state index contributed by atoms with van der Waals surface area (Å²) in [7, 11) is 0. The number of halogens is 2. The summed E-state index contributed by atoms with van der Waals surface area (Å²) in [6.07, 6.45) is 1.95. The molecular formula is C11H11BrIN3S. The summed E-state index contributed by atoms with van der Waals surface area (Å²) in [6.45, 7) is 2.13. The van der Waals surface area contributed by atoms with Crippen molar-refractivity contribution in [2.45, 2.75) is 19.8 Å². The third-order valence-electron chi connectivity index (χ3n) is 2.37. The summed E-state index contributed by atoms with van der Waals surface area (Å²) < 4.78 is 4.83. The van der Waals surface area contributed by atoms with Crippen molar-refractivity contribution >= 4 is 50.7 Å². The number of rotatable bonds is 3. The predicted octanol–water partition coefficient (Wildman–Crippen LogP) is 4.25. The van der Waals surface area contributed by atoms with Crippen molar-refractivity contribution in [2.75, 3.05) is 0 Å². The second kappa shape index (κ2) is 5.62. The van der Waals surface area contributed by atoms with Gasteiger partial charge in [0.05, 0.1) is 5.69 Å². The summed E-state index contributed by atoms with van der Waals surface area (Å²) in [6, 6.07) is 6.18. The van der Waals surface area contributed by atoms with Crippen LogP contribution in [0, 0.1) is 8.34 Å². The van der Waals surface area contributed by atoms with Crippen LogP contribution in [0.25, 0.3) is 5.69 Å². The first-order valence-electron chi connectivity index (χ1n) is 5.25. The van der Waals surface area contributed by atoms with Gasteiger partial charge in [0.25, 0.3) is 0 Å². The number of aryl methyl sites for hydroxylation is 1. The molecular weight excluding hydrogens is 413 g/mol. The highest BCUT2D eigenvalue weighted by molar-refractivity contribution is 14.1. The van der Waals surface area contributed by atoms with Gasteiger partial charge in [-0.1, -0.05) is 6.92 Å². The van der Waals surface area contributed by atoms with E-state index in [1.165, 1.54) is 3.57 Å². The second-order valence-electron chi connectivity index (χ2n) is 3.63. The van der Waals surface area contributed by atoms with E-state index in [9.17, 15) is 0 Å². The highest BCUT2D eigenvalue weighted by Crippen LogP contribution is 2.24. The molecule has 0 saturated carbocycles. The van der Waals surface area contributed by atoms with E-state index in [-0.39, 0.29) is 0 Å². The predicted molar refractivity (Wildman–Crippen MR) is 83.2 cm³/mol. The molecule has 0 spiro atoms. The Bertz CT molecular complexity index is 591. The molecule has 2 aromatic rings. The van der Waals surface area contributed by atoms with Gasteiger partial charge in [-0.3, -0.25) is 9.67 Å². The lowest BCUT2D eigenvalue weighted by molar-refractivity contribution is 0.800. The van der Waals surface area contributed by atoms with Gasteiger partial charge < -0.3 is 0 Å². The van der Waals surface area contributed by atoms with Crippen molar-refractivity contribution in [1.29, 1.82) is 0 Å². The number of nitrogens with zero attached hydrogens (tertiary/aromatic N) is 2. The van der Waals surface area contributed by atoms with E-state index in [1.54, 1.807) is 0 Å². The summed E-state index contributed by atoms with van der Waals surface area (Å²) in [5.74, 6) is 0.972. The Morgan fingerprint density at radius 2 is 2.29 bits per heavy atom. The van der Waals surface area contributed by atoms with Crippen molar-refractivity contribution in [3.05, 3.63) is 36.8 Å². The Balaban J connectivity index is 2.59. The SMILES string of the molecule is CCCc1n[nH]c(=S)n1-c1ccc(I)cc1Br. The van der Waals surface area contributed by atoms with E-state index >= 15 is 0 Å². The van der Waals surface area contributed by atoms with Gasteiger partial charge in [0.15, 0.2) is 4.77 Å². The smallest absolute Gasteiger partial charge is 0.199 e. The molecule has 0 bridgehead atoms. The number of aromatic amines is 1. The van der Waals surface area contributed by atoms with E-state index < -0.39 is 0 Å². The fraction of sp³-hybridized carbons (Fsp3) is 0.273. The Morgan fingerprint density at radius 3 is 2.94 bits per heavy atom. The van der Waals surface area contributed by atoms with Crippen molar-refractivity contribution < 1.29 is 0 Å². The molecule has 0 fully saturated rings. The minimum absolute atomic E-state index is 0.635. The molecule has 0 atom stereocenters. The maximum absolute atomic E-state index is 5.28. The summed E-state index contributed by atoms with van der Waals surface area (Å²) in [4.78, 5) is 0. The molecule has 0 aliphatic carbocycles. The maximum atomic E-state index is 5.28. The van der Waals surface area contributed by atoms with E-state index in [4.69, 9.17) is 12.2 Å². The highest BCUT2D eigenvalue weighted by Gasteiger charge is 2.10. The average Bonchev–Trinajstić information content (AvgIpc) is 2.62. The Morgan fingerprint density at radius 1 is 1.53 bits per heavy atom. The third-order valence-corrected chi connectivity index (χ3v) is 3.95. The molecule has 0 amide bonds. The fourth-order valence-electron chi connectivity index (χ4n) is 1.63. The molecule has 1 heterocycles. The Kier molecular flexibility index (Phi) is 4.37. The number of hydrogen-bond acceptors (Lipinski definition) is 2. The number of H-pyrrole nitrogens is 1. The zero-order chi connectivity index (χ0) is 12.4.